The number of nitrogen functional groups attached to an aromatic ring is 1. The molecule has 0 aliphatic carbocycles. The molecule has 33 heavy (non-hydrogen) atoms. The van der Waals surface area contributed by atoms with Gasteiger partial charge in [-0.05, 0) is 31.2 Å². The highest BCUT2D eigenvalue weighted by atomic mass is 16.2. The van der Waals surface area contributed by atoms with Gasteiger partial charge in [0, 0.05) is 39.0 Å². The first-order valence-corrected chi connectivity index (χ1v) is 11.5. The molecule has 0 saturated carbocycles. The monoisotopic (exact) mass is 455 g/mol. The Morgan fingerprint density at radius 3 is 2.45 bits per heavy atom. The second-order valence-corrected chi connectivity index (χ2v) is 8.54. The molecular weight excluding hydrogens is 422 g/mol. The number of hydrogen-bond donors (Lipinski definition) is 2. The van der Waals surface area contributed by atoms with Gasteiger partial charge >= 0.3 is 5.69 Å². The first-order valence-electron chi connectivity index (χ1n) is 11.5. The highest BCUT2D eigenvalue weighted by molar-refractivity contribution is 5.96. The highest BCUT2D eigenvalue weighted by Crippen LogP contribution is 2.24. The molecule has 3 rings (SSSR count). The summed E-state index contributed by atoms with van der Waals surface area (Å²) in [5, 5.41) is 0. The predicted octanol–water partition coefficient (Wildman–Crippen LogP) is 1.75. The molecule has 0 radical (unpaired) electrons. The minimum absolute atomic E-state index is 0.00146. The van der Waals surface area contributed by atoms with E-state index in [-0.39, 0.29) is 29.2 Å². The summed E-state index contributed by atoms with van der Waals surface area (Å²) in [5.74, 6) is -0.462. The number of aromatic nitrogens is 2. The Balaban J connectivity index is 1.62. The van der Waals surface area contributed by atoms with Gasteiger partial charge in [-0.2, -0.15) is 0 Å². The van der Waals surface area contributed by atoms with E-state index in [0.29, 0.717) is 45.3 Å². The summed E-state index contributed by atoms with van der Waals surface area (Å²) in [6, 6.07) is 9.88. The van der Waals surface area contributed by atoms with E-state index in [2.05, 4.69) is 4.98 Å². The van der Waals surface area contributed by atoms with Crippen molar-refractivity contribution in [1.29, 1.82) is 0 Å². The normalized spacial score (nSPS) is 14.3. The third kappa shape index (κ3) is 5.71. The highest BCUT2D eigenvalue weighted by Gasteiger charge is 2.31. The van der Waals surface area contributed by atoms with Crippen molar-refractivity contribution in [1.82, 2.24) is 14.5 Å². The number of piperidine rings is 1. The maximum atomic E-state index is 13.1. The van der Waals surface area contributed by atoms with Gasteiger partial charge in [0.15, 0.2) is 5.69 Å². The van der Waals surface area contributed by atoms with Gasteiger partial charge in [0.2, 0.25) is 11.8 Å². The first-order chi connectivity index (χ1) is 15.8. The molecule has 1 fully saturated rings. The number of nitrogens with two attached hydrogens (primary N) is 1. The first kappa shape index (κ1) is 24.3. The molecule has 2 heterocycles. The van der Waals surface area contributed by atoms with Gasteiger partial charge in [0.25, 0.3) is 5.56 Å². The number of aromatic amines is 1. The molecular formula is C24H33N5O4. The summed E-state index contributed by atoms with van der Waals surface area (Å²) in [6.07, 6.45) is 3.76. The molecule has 1 saturated heterocycles. The van der Waals surface area contributed by atoms with Crippen LogP contribution in [0.15, 0.2) is 39.9 Å². The van der Waals surface area contributed by atoms with Crippen molar-refractivity contribution in [2.24, 2.45) is 5.92 Å². The van der Waals surface area contributed by atoms with Gasteiger partial charge < -0.3 is 15.5 Å². The van der Waals surface area contributed by atoms with Crippen molar-refractivity contribution >= 4 is 23.3 Å². The SMILES string of the molecule is CCCCn1c(N)c(N(C)C(=O)C2CCN(C(=O)CCc3ccccc3)CC2)c(=O)[nH]c1=O. The molecule has 2 amide bonds. The largest absolute Gasteiger partial charge is 0.383 e. The molecule has 3 N–H and O–H groups in total. The maximum absolute atomic E-state index is 13.1. The van der Waals surface area contributed by atoms with Crippen LogP contribution in [0.5, 0.6) is 0 Å². The summed E-state index contributed by atoms with van der Waals surface area (Å²) in [7, 11) is 1.51. The lowest BCUT2D eigenvalue weighted by molar-refractivity contribution is -0.134. The fourth-order valence-corrected chi connectivity index (χ4v) is 4.25. The van der Waals surface area contributed by atoms with Crippen LogP contribution >= 0.6 is 0 Å². The molecule has 178 valence electrons. The number of hydrogen-bond acceptors (Lipinski definition) is 5. The minimum atomic E-state index is -0.672. The molecule has 0 unspecified atom stereocenters. The van der Waals surface area contributed by atoms with Gasteiger partial charge in [0.1, 0.15) is 5.82 Å². The average molecular weight is 456 g/mol. The zero-order chi connectivity index (χ0) is 24.0. The average Bonchev–Trinajstić information content (AvgIpc) is 2.82. The molecule has 1 aliphatic rings. The van der Waals surface area contributed by atoms with E-state index in [1.807, 2.05) is 37.3 Å². The van der Waals surface area contributed by atoms with Crippen LogP contribution in [0.2, 0.25) is 0 Å². The van der Waals surface area contributed by atoms with E-state index in [9.17, 15) is 19.2 Å². The molecule has 0 bridgehead atoms. The molecule has 1 aromatic carbocycles. The van der Waals surface area contributed by atoms with Crippen molar-refractivity contribution in [3.05, 3.63) is 56.7 Å². The van der Waals surface area contributed by atoms with E-state index < -0.39 is 11.2 Å². The second kappa shape index (κ2) is 11.0. The fourth-order valence-electron chi connectivity index (χ4n) is 4.25. The van der Waals surface area contributed by atoms with E-state index in [4.69, 9.17) is 5.73 Å². The number of carbonyl (C=O) groups is 2. The number of aryl methyl sites for hydroxylation is 1. The van der Waals surface area contributed by atoms with Crippen LogP contribution in [0.3, 0.4) is 0 Å². The number of nitrogens with one attached hydrogen (secondary N) is 1. The molecule has 2 aromatic rings. The lowest BCUT2D eigenvalue weighted by Gasteiger charge is -2.33. The lowest BCUT2D eigenvalue weighted by Crippen LogP contribution is -2.45. The van der Waals surface area contributed by atoms with Crippen LogP contribution in [0.1, 0.15) is 44.6 Å². The van der Waals surface area contributed by atoms with Crippen LogP contribution < -0.4 is 21.9 Å². The van der Waals surface area contributed by atoms with Crippen molar-refractivity contribution in [3.63, 3.8) is 0 Å². The number of rotatable bonds is 8. The van der Waals surface area contributed by atoms with Crippen molar-refractivity contribution in [3.8, 4) is 0 Å². The number of unbranched alkanes of at least 4 members (excludes halogenated alkanes) is 1. The summed E-state index contributed by atoms with van der Waals surface area (Å²) < 4.78 is 1.30. The van der Waals surface area contributed by atoms with E-state index >= 15 is 0 Å². The minimum Gasteiger partial charge on any atom is -0.383 e. The number of anilines is 2. The van der Waals surface area contributed by atoms with Gasteiger partial charge in [-0.15, -0.1) is 0 Å². The van der Waals surface area contributed by atoms with Gasteiger partial charge in [-0.25, -0.2) is 4.79 Å². The molecule has 1 aliphatic heterocycles. The Hall–Kier alpha value is -3.36. The van der Waals surface area contributed by atoms with Gasteiger partial charge in [-0.3, -0.25) is 23.9 Å². The van der Waals surface area contributed by atoms with Crippen LogP contribution in [-0.4, -0.2) is 46.4 Å². The summed E-state index contributed by atoms with van der Waals surface area (Å²) in [5.41, 5.74) is 6.01. The number of nitrogens with zero attached hydrogens (tertiary/aromatic N) is 3. The van der Waals surface area contributed by atoms with Crippen LogP contribution in [-0.2, 0) is 22.6 Å². The van der Waals surface area contributed by atoms with E-state index in [1.165, 1.54) is 16.5 Å². The molecule has 0 atom stereocenters. The van der Waals surface area contributed by atoms with Crippen LogP contribution in [0, 0.1) is 5.92 Å². The van der Waals surface area contributed by atoms with Gasteiger partial charge in [-0.1, -0.05) is 43.7 Å². The van der Waals surface area contributed by atoms with Gasteiger partial charge in [0.05, 0.1) is 0 Å². The predicted molar refractivity (Wildman–Crippen MR) is 128 cm³/mol. The zero-order valence-corrected chi connectivity index (χ0v) is 19.4. The third-order valence-corrected chi connectivity index (χ3v) is 6.28. The topological polar surface area (TPSA) is 121 Å². The zero-order valence-electron chi connectivity index (χ0n) is 19.4. The number of likely N-dealkylation sites (tertiary alicyclic amines) is 1. The van der Waals surface area contributed by atoms with Crippen molar-refractivity contribution in [2.45, 2.75) is 52.0 Å². The number of carbonyl (C=O) groups excluding carboxylic acids is 2. The Labute approximate surface area is 193 Å². The Bertz CT molecular complexity index is 1080. The van der Waals surface area contributed by atoms with Crippen LogP contribution in [0.25, 0.3) is 0 Å². The second-order valence-electron chi connectivity index (χ2n) is 8.54. The summed E-state index contributed by atoms with van der Waals surface area (Å²) in [4.78, 5) is 55.6. The number of benzene rings is 1. The third-order valence-electron chi connectivity index (χ3n) is 6.28. The smallest absolute Gasteiger partial charge is 0.330 e. The molecule has 0 spiro atoms. The molecule has 9 heteroatoms. The summed E-state index contributed by atoms with van der Waals surface area (Å²) in [6.45, 7) is 3.36. The summed E-state index contributed by atoms with van der Waals surface area (Å²) >= 11 is 0. The lowest BCUT2D eigenvalue weighted by atomic mass is 9.94. The standard InChI is InChI=1S/C24H33N5O4/c1-3-4-14-29-21(25)20(22(31)26-24(29)33)27(2)23(32)18-12-15-28(16-13-18)19(30)11-10-17-8-6-5-7-9-17/h5-9,18H,3-4,10-16,25H2,1-2H3,(H,26,31,33). The number of H-pyrrole nitrogens is 1. The Kier molecular flexibility index (Phi) is 8.08. The molecule has 1 aromatic heterocycles. The Morgan fingerprint density at radius 2 is 1.82 bits per heavy atom. The van der Waals surface area contributed by atoms with Crippen LogP contribution in [0.4, 0.5) is 11.5 Å². The molecule has 9 nitrogen and oxygen atoms in total. The van der Waals surface area contributed by atoms with E-state index in [0.717, 1.165) is 18.4 Å². The van der Waals surface area contributed by atoms with E-state index in [1.54, 1.807) is 4.90 Å². The number of amides is 2. The van der Waals surface area contributed by atoms with Crippen molar-refractivity contribution in [2.75, 3.05) is 30.8 Å². The quantitative estimate of drug-likeness (QED) is 0.628. The Morgan fingerprint density at radius 1 is 1.15 bits per heavy atom. The maximum Gasteiger partial charge on any atom is 0.330 e. The fraction of sp³-hybridized carbons (Fsp3) is 0.500. The van der Waals surface area contributed by atoms with Crippen molar-refractivity contribution < 1.29 is 9.59 Å².